The quantitative estimate of drug-likeness (QED) is 0.846. The Balaban J connectivity index is 2.29. The molecule has 1 saturated heterocycles. The fourth-order valence-electron chi connectivity index (χ4n) is 2.36. The number of anilines is 1. The molecule has 1 amide bonds. The molecule has 0 unspecified atom stereocenters. The van der Waals surface area contributed by atoms with Crippen LogP contribution in [0, 0.1) is 0 Å². The van der Waals surface area contributed by atoms with Gasteiger partial charge in [0.05, 0.1) is 0 Å². The second-order valence-electron chi connectivity index (χ2n) is 5.68. The van der Waals surface area contributed by atoms with Gasteiger partial charge in [0.1, 0.15) is 5.69 Å². The van der Waals surface area contributed by atoms with E-state index in [9.17, 15) is 4.79 Å². The van der Waals surface area contributed by atoms with Crippen LogP contribution in [0.2, 0.25) is 0 Å². The van der Waals surface area contributed by atoms with Crippen molar-refractivity contribution in [2.75, 3.05) is 24.5 Å². The molecular formula is C16H24N4O. The normalized spacial score (nSPS) is 15.1. The molecule has 1 fully saturated rings. The van der Waals surface area contributed by atoms with Crippen molar-refractivity contribution in [1.29, 1.82) is 0 Å². The van der Waals surface area contributed by atoms with Gasteiger partial charge in [-0.3, -0.25) is 4.79 Å². The fraction of sp³-hybridized carbons (Fsp3) is 0.562. The second-order valence-corrected chi connectivity index (χ2v) is 5.68. The van der Waals surface area contributed by atoms with Gasteiger partial charge in [-0.05, 0) is 31.2 Å². The molecule has 0 aliphatic carbocycles. The molecule has 1 aliphatic heterocycles. The van der Waals surface area contributed by atoms with Crippen LogP contribution in [-0.2, 0) is 0 Å². The lowest BCUT2D eigenvalue weighted by Crippen LogP contribution is -2.32. The van der Waals surface area contributed by atoms with Crippen LogP contribution in [0.15, 0.2) is 18.7 Å². The molecule has 1 N–H and O–H groups in total. The molecule has 21 heavy (non-hydrogen) atoms. The zero-order valence-corrected chi connectivity index (χ0v) is 12.9. The first-order valence-corrected chi connectivity index (χ1v) is 7.65. The van der Waals surface area contributed by atoms with E-state index in [4.69, 9.17) is 0 Å². The summed E-state index contributed by atoms with van der Waals surface area (Å²) in [7, 11) is 0. The summed E-state index contributed by atoms with van der Waals surface area (Å²) in [6.07, 6.45) is 5.24. The van der Waals surface area contributed by atoms with Gasteiger partial charge in [0.25, 0.3) is 5.91 Å². The predicted octanol–water partition coefficient (Wildman–Crippen LogP) is 2.51. The molecule has 0 saturated carbocycles. The number of amides is 1. The molecule has 114 valence electrons. The Bertz CT molecular complexity index is 507. The monoisotopic (exact) mass is 288 g/mol. The first kappa shape index (κ1) is 15.5. The third-order valence-electron chi connectivity index (χ3n) is 3.60. The number of nitrogens with one attached hydrogen (secondary N) is 1. The molecule has 5 nitrogen and oxygen atoms in total. The minimum Gasteiger partial charge on any atom is -0.347 e. The smallest absolute Gasteiger partial charge is 0.270 e. The van der Waals surface area contributed by atoms with E-state index in [-0.39, 0.29) is 11.8 Å². The van der Waals surface area contributed by atoms with Crippen molar-refractivity contribution in [2.45, 2.75) is 39.0 Å². The number of piperidine rings is 1. The van der Waals surface area contributed by atoms with Crippen LogP contribution in [0.1, 0.15) is 55.2 Å². The van der Waals surface area contributed by atoms with Crippen molar-refractivity contribution in [3.63, 3.8) is 0 Å². The van der Waals surface area contributed by atoms with E-state index in [1.807, 2.05) is 0 Å². The predicted molar refractivity (Wildman–Crippen MR) is 84.7 cm³/mol. The van der Waals surface area contributed by atoms with Crippen molar-refractivity contribution < 1.29 is 4.79 Å². The number of hydrogen-bond donors (Lipinski definition) is 1. The number of carbonyl (C=O) groups is 1. The number of rotatable bonds is 5. The van der Waals surface area contributed by atoms with E-state index in [0.29, 0.717) is 18.2 Å². The maximum Gasteiger partial charge on any atom is 0.270 e. The van der Waals surface area contributed by atoms with E-state index in [1.54, 1.807) is 12.1 Å². The Hall–Kier alpha value is -1.91. The van der Waals surface area contributed by atoms with E-state index < -0.39 is 0 Å². The molecule has 0 bridgehead atoms. The van der Waals surface area contributed by atoms with Gasteiger partial charge in [-0.25, -0.2) is 9.97 Å². The summed E-state index contributed by atoms with van der Waals surface area (Å²) < 4.78 is 0. The molecule has 0 aromatic carbocycles. The van der Waals surface area contributed by atoms with Crippen LogP contribution in [0.5, 0.6) is 0 Å². The summed E-state index contributed by atoms with van der Waals surface area (Å²) in [4.78, 5) is 23.4. The summed E-state index contributed by atoms with van der Waals surface area (Å²) in [5, 5.41) is 2.78. The molecule has 2 heterocycles. The lowest BCUT2D eigenvalue weighted by molar-refractivity contribution is 0.0953. The summed E-state index contributed by atoms with van der Waals surface area (Å²) >= 11 is 0. The summed E-state index contributed by atoms with van der Waals surface area (Å²) in [6, 6.07) is 1.79. The summed E-state index contributed by atoms with van der Waals surface area (Å²) in [5.74, 6) is 0.782. The van der Waals surface area contributed by atoms with Gasteiger partial charge < -0.3 is 10.2 Å². The highest BCUT2D eigenvalue weighted by Gasteiger charge is 2.18. The molecule has 5 heteroatoms. The van der Waals surface area contributed by atoms with Crippen molar-refractivity contribution in [3.05, 3.63) is 30.1 Å². The molecule has 1 aromatic rings. The third kappa shape index (κ3) is 4.03. The molecule has 1 aromatic heterocycles. The largest absolute Gasteiger partial charge is 0.347 e. The van der Waals surface area contributed by atoms with Crippen molar-refractivity contribution >= 4 is 11.9 Å². The average Bonchev–Trinajstić information content (AvgIpc) is 2.53. The highest BCUT2D eigenvalue weighted by Crippen LogP contribution is 2.20. The Morgan fingerprint density at radius 3 is 2.71 bits per heavy atom. The van der Waals surface area contributed by atoms with Gasteiger partial charge in [0, 0.05) is 25.3 Å². The van der Waals surface area contributed by atoms with Crippen molar-refractivity contribution in [3.8, 4) is 0 Å². The number of hydrogen-bond acceptors (Lipinski definition) is 4. The van der Waals surface area contributed by atoms with Gasteiger partial charge in [-0.2, -0.15) is 0 Å². The van der Waals surface area contributed by atoms with Gasteiger partial charge >= 0.3 is 0 Å². The molecule has 0 radical (unpaired) electrons. The first-order valence-electron chi connectivity index (χ1n) is 7.65. The van der Waals surface area contributed by atoms with Crippen LogP contribution in [0.25, 0.3) is 0 Å². The second kappa shape index (κ2) is 7.20. The Labute approximate surface area is 126 Å². The van der Waals surface area contributed by atoms with E-state index in [0.717, 1.165) is 31.6 Å². The van der Waals surface area contributed by atoms with Gasteiger partial charge in [-0.15, -0.1) is 6.58 Å². The lowest BCUT2D eigenvalue weighted by Gasteiger charge is -2.27. The van der Waals surface area contributed by atoms with Crippen LogP contribution < -0.4 is 10.2 Å². The topological polar surface area (TPSA) is 58.1 Å². The van der Waals surface area contributed by atoms with Crippen LogP contribution in [0.4, 0.5) is 5.95 Å². The Kier molecular flexibility index (Phi) is 5.31. The Morgan fingerprint density at radius 2 is 2.10 bits per heavy atom. The number of nitrogens with zero attached hydrogens (tertiary/aromatic N) is 3. The number of aromatic nitrogens is 2. The molecule has 2 rings (SSSR count). The van der Waals surface area contributed by atoms with Gasteiger partial charge in [-0.1, -0.05) is 19.9 Å². The molecule has 0 spiro atoms. The molecule has 1 aliphatic rings. The minimum absolute atomic E-state index is 0.169. The average molecular weight is 288 g/mol. The fourth-order valence-corrected chi connectivity index (χ4v) is 2.36. The van der Waals surface area contributed by atoms with E-state index >= 15 is 0 Å². The van der Waals surface area contributed by atoms with E-state index in [1.165, 1.54) is 6.42 Å². The first-order chi connectivity index (χ1) is 10.1. The zero-order chi connectivity index (χ0) is 15.2. The SMILES string of the molecule is C=CCNC(=O)c1cc(C(C)C)nc(N2CCCCC2)n1. The van der Waals surface area contributed by atoms with Gasteiger partial charge in [0.15, 0.2) is 0 Å². The summed E-state index contributed by atoms with van der Waals surface area (Å²) in [6.45, 7) is 10.1. The standard InChI is InChI=1S/C16H24N4O/c1-4-8-17-15(21)14-11-13(12(2)3)18-16(19-14)20-9-6-5-7-10-20/h4,11-12H,1,5-10H2,2-3H3,(H,17,21). The lowest BCUT2D eigenvalue weighted by atomic mass is 10.1. The highest BCUT2D eigenvalue weighted by atomic mass is 16.1. The minimum atomic E-state index is -0.169. The van der Waals surface area contributed by atoms with Crippen molar-refractivity contribution in [2.24, 2.45) is 0 Å². The highest BCUT2D eigenvalue weighted by molar-refractivity contribution is 5.92. The third-order valence-corrected chi connectivity index (χ3v) is 3.60. The molecular weight excluding hydrogens is 264 g/mol. The zero-order valence-electron chi connectivity index (χ0n) is 12.9. The summed E-state index contributed by atoms with van der Waals surface area (Å²) in [5.41, 5.74) is 1.35. The number of carbonyl (C=O) groups excluding carboxylic acids is 1. The van der Waals surface area contributed by atoms with Crippen LogP contribution in [-0.4, -0.2) is 35.5 Å². The van der Waals surface area contributed by atoms with Crippen LogP contribution >= 0.6 is 0 Å². The van der Waals surface area contributed by atoms with E-state index in [2.05, 4.69) is 40.6 Å². The Morgan fingerprint density at radius 1 is 1.38 bits per heavy atom. The van der Waals surface area contributed by atoms with Crippen LogP contribution in [0.3, 0.4) is 0 Å². The maximum absolute atomic E-state index is 12.1. The maximum atomic E-state index is 12.1. The van der Waals surface area contributed by atoms with Crippen molar-refractivity contribution in [1.82, 2.24) is 15.3 Å². The molecule has 0 atom stereocenters. The van der Waals surface area contributed by atoms with Gasteiger partial charge in [0.2, 0.25) is 5.95 Å².